The Kier molecular flexibility index (Phi) is 11.1. The second kappa shape index (κ2) is 16.0. The summed E-state index contributed by atoms with van der Waals surface area (Å²) in [7, 11) is 1.56. The Morgan fingerprint density at radius 1 is 0.729 bits per heavy atom. The molecular formula is C44H37F6N3O6. The standard InChI is InChI=1S/C44H37F6N3O6/c1-3-58-33-16-17-35-37(25-33)59-36-7-5-4-6-34(36)38(35)51-41(56)42(52-39(54)28-10-8-26(9-11-28)27-12-14-32(57-2)15-13-27)18-20-53(21-19-42)40(55)29-22-30(43(45,46)47)24-31(23-29)44(48,49)50/h4-17,22-25,38H,3,18-21H2,1-2H3,(H,51,56)(H,52,54). The number of likely N-dealkylation sites (tertiary alicyclic amines) is 1. The number of nitrogens with one attached hydrogen (secondary N) is 2. The van der Waals surface area contributed by atoms with Gasteiger partial charge in [-0.25, -0.2) is 0 Å². The van der Waals surface area contributed by atoms with Gasteiger partial charge in [0.1, 0.15) is 28.5 Å². The molecule has 7 rings (SSSR count). The molecule has 1 atom stereocenters. The molecule has 2 N–H and O–H groups in total. The molecule has 1 fully saturated rings. The molecule has 2 aliphatic heterocycles. The van der Waals surface area contributed by atoms with Gasteiger partial charge in [0, 0.05) is 41.4 Å². The third kappa shape index (κ3) is 8.54. The number of nitrogens with zero attached hydrogens (tertiary/aromatic N) is 1. The minimum absolute atomic E-state index is 0.0499. The summed E-state index contributed by atoms with van der Waals surface area (Å²) in [6.07, 6.45) is -10.8. The fourth-order valence-electron chi connectivity index (χ4n) is 7.27. The van der Waals surface area contributed by atoms with Gasteiger partial charge < -0.3 is 29.7 Å². The van der Waals surface area contributed by atoms with Crippen LogP contribution in [0, 0.1) is 0 Å². The van der Waals surface area contributed by atoms with Gasteiger partial charge in [-0.1, -0.05) is 42.5 Å². The third-order valence-corrected chi connectivity index (χ3v) is 10.4. The molecule has 306 valence electrons. The van der Waals surface area contributed by atoms with Gasteiger partial charge in [-0.05, 0) is 91.6 Å². The molecule has 5 aromatic carbocycles. The van der Waals surface area contributed by atoms with Crippen LogP contribution in [0.1, 0.15) is 68.8 Å². The molecule has 15 heteroatoms. The number of piperidine rings is 1. The summed E-state index contributed by atoms with van der Waals surface area (Å²) < 4.78 is 99.1. The van der Waals surface area contributed by atoms with Crippen molar-refractivity contribution in [3.63, 3.8) is 0 Å². The summed E-state index contributed by atoms with van der Waals surface area (Å²) in [5.41, 5.74) is -2.68. The van der Waals surface area contributed by atoms with E-state index in [4.69, 9.17) is 14.2 Å². The van der Waals surface area contributed by atoms with Crippen molar-refractivity contribution in [3.8, 4) is 34.1 Å². The number of halogens is 6. The maximum Gasteiger partial charge on any atom is 0.416 e. The highest BCUT2D eigenvalue weighted by molar-refractivity contribution is 6.00. The first-order chi connectivity index (χ1) is 28.1. The zero-order valence-corrected chi connectivity index (χ0v) is 31.7. The Morgan fingerprint density at radius 2 is 1.31 bits per heavy atom. The number of ether oxygens (including phenoxy) is 3. The highest BCUT2D eigenvalue weighted by Crippen LogP contribution is 2.45. The Morgan fingerprint density at radius 3 is 1.90 bits per heavy atom. The lowest BCUT2D eigenvalue weighted by atomic mass is 9.84. The molecule has 1 saturated heterocycles. The number of rotatable bonds is 9. The second-order valence-electron chi connectivity index (χ2n) is 14.1. The molecule has 0 aliphatic carbocycles. The summed E-state index contributed by atoms with van der Waals surface area (Å²) in [5.74, 6) is -0.241. The van der Waals surface area contributed by atoms with E-state index in [1.54, 1.807) is 86.0 Å². The lowest BCUT2D eigenvalue weighted by Crippen LogP contribution is -2.64. The van der Waals surface area contributed by atoms with Crippen molar-refractivity contribution in [2.24, 2.45) is 0 Å². The van der Waals surface area contributed by atoms with E-state index in [-0.39, 0.29) is 37.6 Å². The van der Waals surface area contributed by atoms with Gasteiger partial charge in [-0.2, -0.15) is 26.3 Å². The summed E-state index contributed by atoms with van der Waals surface area (Å²) >= 11 is 0. The number of hydrogen-bond donors (Lipinski definition) is 2. The highest BCUT2D eigenvalue weighted by Gasteiger charge is 2.46. The number of amides is 3. The smallest absolute Gasteiger partial charge is 0.416 e. The molecular weight excluding hydrogens is 780 g/mol. The molecule has 0 saturated carbocycles. The minimum Gasteiger partial charge on any atom is -0.497 e. The first-order valence-electron chi connectivity index (χ1n) is 18.6. The predicted molar refractivity (Wildman–Crippen MR) is 204 cm³/mol. The first kappa shape index (κ1) is 40.7. The van der Waals surface area contributed by atoms with Crippen LogP contribution in [-0.2, 0) is 17.1 Å². The summed E-state index contributed by atoms with van der Waals surface area (Å²) in [6, 6.07) is 26.1. The molecule has 3 amide bonds. The number of fused-ring (bicyclic) bond motifs is 2. The van der Waals surface area contributed by atoms with E-state index in [9.17, 15) is 40.7 Å². The van der Waals surface area contributed by atoms with Crippen molar-refractivity contribution in [3.05, 3.63) is 143 Å². The van der Waals surface area contributed by atoms with E-state index in [1.807, 2.05) is 19.1 Å². The van der Waals surface area contributed by atoms with Crippen LogP contribution in [0.2, 0.25) is 0 Å². The van der Waals surface area contributed by atoms with E-state index in [2.05, 4.69) is 10.6 Å². The fourth-order valence-corrected chi connectivity index (χ4v) is 7.27. The zero-order valence-electron chi connectivity index (χ0n) is 31.7. The Balaban J connectivity index is 1.19. The van der Waals surface area contributed by atoms with Gasteiger partial charge in [0.25, 0.3) is 11.8 Å². The Bertz CT molecular complexity index is 2340. The van der Waals surface area contributed by atoms with Crippen LogP contribution in [-0.4, -0.2) is 55.0 Å². The van der Waals surface area contributed by atoms with Crippen LogP contribution in [0.25, 0.3) is 11.1 Å². The summed E-state index contributed by atoms with van der Waals surface area (Å²) in [6.45, 7) is 1.65. The van der Waals surface area contributed by atoms with Crippen molar-refractivity contribution < 1.29 is 54.9 Å². The largest absolute Gasteiger partial charge is 0.497 e. The maximum absolute atomic E-state index is 14.7. The van der Waals surface area contributed by atoms with Gasteiger partial charge in [0.15, 0.2) is 0 Å². The van der Waals surface area contributed by atoms with E-state index in [0.29, 0.717) is 52.9 Å². The summed E-state index contributed by atoms with van der Waals surface area (Å²) in [5, 5.41) is 5.96. The van der Waals surface area contributed by atoms with Gasteiger partial charge in [-0.3, -0.25) is 14.4 Å². The Labute approximate surface area is 334 Å². The number of carbonyl (C=O) groups excluding carboxylic acids is 3. The van der Waals surface area contributed by atoms with Crippen LogP contribution in [0.3, 0.4) is 0 Å². The van der Waals surface area contributed by atoms with Gasteiger partial charge >= 0.3 is 12.4 Å². The van der Waals surface area contributed by atoms with E-state index in [0.717, 1.165) is 16.0 Å². The Hall–Kier alpha value is -6.51. The monoisotopic (exact) mass is 817 g/mol. The minimum atomic E-state index is -5.16. The van der Waals surface area contributed by atoms with Crippen LogP contribution < -0.4 is 24.8 Å². The van der Waals surface area contributed by atoms with Crippen molar-refractivity contribution in [1.29, 1.82) is 0 Å². The molecule has 0 bridgehead atoms. The zero-order chi connectivity index (χ0) is 42.1. The van der Waals surface area contributed by atoms with Gasteiger partial charge in [0.2, 0.25) is 5.91 Å². The number of methoxy groups -OCH3 is 1. The SMILES string of the molecule is CCOc1ccc2c(c1)Oc1ccccc1C2NC(=O)C1(NC(=O)c2ccc(-c3ccc(OC)cc3)cc2)CCN(C(=O)c2cc(C(F)(F)F)cc(C(F)(F)F)c2)CC1. The third-order valence-electron chi connectivity index (χ3n) is 10.4. The quantitative estimate of drug-likeness (QED) is 0.144. The van der Waals surface area contributed by atoms with Crippen LogP contribution in [0.15, 0.2) is 109 Å². The predicted octanol–water partition coefficient (Wildman–Crippen LogP) is 9.21. The van der Waals surface area contributed by atoms with Crippen molar-refractivity contribution in [2.45, 2.75) is 43.7 Å². The molecule has 0 aromatic heterocycles. The molecule has 59 heavy (non-hydrogen) atoms. The van der Waals surface area contributed by atoms with Gasteiger partial charge in [0.05, 0.1) is 30.9 Å². The maximum atomic E-state index is 14.7. The topological polar surface area (TPSA) is 106 Å². The average Bonchev–Trinajstić information content (AvgIpc) is 3.23. The lowest BCUT2D eigenvalue weighted by molar-refractivity contribution is -0.143. The highest BCUT2D eigenvalue weighted by atomic mass is 19.4. The summed E-state index contributed by atoms with van der Waals surface area (Å²) in [4.78, 5) is 43.4. The average molecular weight is 818 g/mol. The number of hydrogen-bond acceptors (Lipinski definition) is 6. The number of benzene rings is 5. The van der Waals surface area contributed by atoms with Crippen LogP contribution >= 0.6 is 0 Å². The molecule has 5 aromatic rings. The second-order valence-corrected chi connectivity index (χ2v) is 14.1. The fraction of sp³-hybridized carbons (Fsp3) is 0.250. The first-order valence-corrected chi connectivity index (χ1v) is 18.6. The molecule has 0 spiro atoms. The normalized spacial score (nSPS) is 15.9. The van der Waals surface area contributed by atoms with Gasteiger partial charge in [-0.15, -0.1) is 0 Å². The molecule has 2 aliphatic rings. The lowest BCUT2D eigenvalue weighted by Gasteiger charge is -2.42. The van der Waals surface area contributed by atoms with Crippen molar-refractivity contribution in [2.75, 3.05) is 26.8 Å². The van der Waals surface area contributed by atoms with Crippen LogP contribution in [0.5, 0.6) is 23.0 Å². The molecule has 0 radical (unpaired) electrons. The number of para-hydroxylation sites is 1. The van der Waals surface area contributed by atoms with Crippen molar-refractivity contribution >= 4 is 17.7 Å². The molecule has 1 unspecified atom stereocenters. The molecule has 9 nitrogen and oxygen atoms in total. The number of alkyl halides is 6. The molecule has 2 heterocycles. The van der Waals surface area contributed by atoms with Crippen molar-refractivity contribution in [1.82, 2.24) is 15.5 Å². The van der Waals surface area contributed by atoms with E-state index < -0.39 is 58.3 Å². The number of carbonyl (C=O) groups is 3. The van der Waals surface area contributed by atoms with E-state index >= 15 is 0 Å². The van der Waals surface area contributed by atoms with E-state index in [1.165, 1.54) is 0 Å². The van der Waals surface area contributed by atoms with Crippen LogP contribution in [0.4, 0.5) is 26.3 Å².